The number of ketones is 1. The predicted molar refractivity (Wildman–Crippen MR) is 34.7 cm³/mol. The third-order valence-electron chi connectivity index (χ3n) is 0.870. The molecule has 0 fully saturated rings. The average molecular weight is 184 g/mol. The van der Waals surface area contributed by atoms with E-state index in [0.29, 0.717) is 0 Å². The molecule has 6 nitrogen and oxygen atoms in total. The molecule has 0 bridgehead atoms. The molecule has 0 saturated heterocycles. The van der Waals surface area contributed by atoms with E-state index in [-0.39, 0.29) is 0 Å². The molecule has 0 aromatic heterocycles. The van der Waals surface area contributed by atoms with Gasteiger partial charge in [-0.2, -0.15) is 0 Å². The van der Waals surface area contributed by atoms with Crippen molar-refractivity contribution in [1.29, 1.82) is 0 Å². The molecule has 0 aromatic carbocycles. The second-order valence-electron chi connectivity index (χ2n) is 1.91. The Morgan fingerprint density at radius 3 is 2.36 bits per heavy atom. The van der Waals surface area contributed by atoms with Crippen LogP contribution in [0.25, 0.3) is 0 Å². The Morgan fingerprint density at radius 2 is 2.09 bits per heavy atom. The van der Waals surface area contributed by atoms with E-state index in [1.165, 1.54) is 0 Å². The zero-order valence-corrected chi connectivity index (χ0v) is 6.69. The summed E-state index contributed by atoms with van der Waals surface area (Å²) in [5, 5.41) is 8.67. The molecule has 0 amide bonds. The highest BCUT2D eigenvalue weighted by atomic mass is 31.2. The Labute approximate surface area is 63.0 Å². The minimum absolute atomic E-state index is 0.599. The lowest BCUT2D eigenvalue weighted by Gasteiger charge is -2.07. The Kier molecular flexibility index (Phi) is 3.85. The van der Waals surface area contributed by atoms with Gasteiger partial charge in [0.1, 0.15) is 6.10 Å². The number of phosphoric ester groups is 1. The second kappa shape index (κ2) is 3.94. The van der Waals surface area contributed by atoms with Crippen LogP contribution in [0, 0.1) is 0 Å². The number of rotatable bonds is 4. The first-order valence-electron chi connectivity index (χ1n) is 2.71. The summed E-state index contributed by atoms with van der Waals surface area (Å²) < 4.78 is 13.9. The molecule has 0 heterocycles. The standard InChI is InChI=1S/C4H9O6P/c1-3(5)4(6)2-10-11(7,8)9/h4,6H,2H2,1H3,(H2,7,8,9)/t4-/m0/s1. The van der Waals surface area contributed by atoms with Crippen LogP contribution in [-0.2, 0) is 13.9 Å². The van der Waals surface area contributed by atoms with Crippen molar-refractivity contribution in [3.05, 3.63) is 0 Å². The number of hydrogen-bond donors (Lipinski definition) is 3. The van der Waals surface area contributed by atoms with Crippen molar-refractivity contribution in [2.24, 2.45) is 0 Å². The predicted octanol–water partition coefficient (Wildman–Crippen LogP) is -0.954. The Morgan fingerprint density at radius 1 is 1.64 bits per heavy atom. The SMILES string of the molecule is CC(=O)[C@@H](O)COP(=O)(O)O. The molecule has 66 valence electrons. The van der Waals surface area contributed by atoms with Crippen LogP contribution in [0.3, 0.4) is 0 Å². The van der Waals surface area contributed by atoms with Crippen LogP contribution < -0.4 is 0 Å². The molecule has 0 spiro atoms. The van der Waals surface area contributed by atoms with Crippen LogP contribution in [0.5, 0.6) is 0 Å². The third kappa shape index (κ3) is 6.15. The molecule has 0 aliphatic heterocycles. The molecule has 0 saturated carbocycles. The number of hydrogen-bond acceptors (Lipinski definition) is 4. The fourth-order valence-corrected chi connectivity index (χ4v) is 0.620. The maximum Gasteiger partial charge on any atom is 0.469 e. The number of phosphoric acid groups is 1. The van der Waals surface area contributed by atoms with Gasteiger partial charge < -0.3 is 14.9 Å². The minimum atomic E-state index is -4.57. The molecule has 0 aliphatic rings. The molecular formula is C4H9O6P. The van der Waals surface area contributed by atoms with Crippen molar-refractivity contribution in [1.82, 2.24) is 0 Å². The summed E-state index contributed by atoms with van der Waals surface area (Å²) in [5.74, 6) is -0.599. The lowest BCUT2D eigenvalue weighted by atomic mass is 10.3. The van der Waals surface area contributed by atoms with Gasteiger partial charge in [-0.05, 0) is 6.92 Å². The highest BCUT2D eigenvalue weighted by Gasteiger charge is 2.18. The summed E-state index contributed by atoms with van der Waals surface area (Å²) in [6, 6.07) is 0. The van der Waals surface area contributed by atoms with Crippen molar-refractivity contribution in [3.63, 3.8) is 0 Å². The quantitative estimate of drug-likeness (QED) is 0.486. The van der Waals surface area contributed by atoms with Crippen LogP contribution in [0.15, 0.2) is 0 Å². The molecule has 0 rings (SSSR count). The average Bonchev–Trinajstić information content (AvgIpc) is 1.80. The molecule has 0 radical (unpaired) electrons. The van der Waals surface area contributed by atoms with Crippen LogP contribution in [0.1, 0.15) is 6.92 Å². The van der Waals surface area contributed by atoms with Gasteiger partial charge in [0.2, 0.25) is 0 Å². The monoisotopic (exact) mass is 184 g/mol. The summed E-state index contributed by atoms with van der Waals surface area (Å²) >= 11 is 0. The Hall–Kier alpha value is -0.260. The van der Waals surface area contributed by atoms with Gasteiger partial charge >= 0.3 is 7.82 Å². The normalized spacial score (nSPS) is 14.5. The zero-order chi connectivity index (χ0) is 9.07. The number of carbonyl (C=O) groups excluding carboxylic acids is 1. The van der Waals surface area contributed by atoms with E-state index in [1.807, 2.05) is 0 Å². The fraction of sp³-hybridized carbons (Fsp3) is 0.750. The van der Waals surface area contributed by atoms with Crippen LogP contribution in [0.2, 0.25) is 0 Å². The number of Topliss-reactive ketones (excluding diaryl/α,β-unsaturated/α-hetero) is 1. The molecule has 0 unspecified atom stereocenters. The molecular weight excluding hydrogens is 175 g/mol. The van der Waals surface area contributed by atoms with E-state index >= 15 is 0 Å². The van der Waals surface area contributed by atoms with Crippen molar-refractivity contribution in [2.45, 2.75) is 13.0 Å². The number of carbonyl (C=O) groups is 1. The van der Waals surface area contributed by atoms with E-state index in [0.717, 1.165) is 6.92 Å². The maximum atomic E-state index is 10.3. The van der Waals surface area contributed by atoms with Gasteiger partial charge in [0.25, 0.3) is 0 Å². The summed E-state index contributed by atoms with van der Waals surface area (Å²) in [5.41, 5.74) is 0. The van der Waals surface area contributed by atoms with Crippen LogP contribution in [0.4, 0.5) is 0 Å². The highest BCUT2D eigenvalue weighted by Crippen LogP contribution is 2.35. The van der Waals surface area contributed by atoms with E-state index in [1.54, 1.807) is 0 Å². The maximum absolute atomic E-state index is 10.3. The summed E-state index contributed by atoms with van der Waals surface area (Å²) in [7, 11) is -4.57. The smallest absolute Gasteiger partial charge is 0.383 e. The molecule has 1 atom stereocenters. The van der Waals surface area contributed by atoms with Gasteiger partial charge in [0.15, 0.2) is 5.78 Å². The van der Waals surface area contributed by atoms with E-state index in [9.17, 15) is 9.36 Å². The number of aliphatic hydroxyl groups excluding tert-OH is 1. The summed E-state index contributed by atoms with van der Waals surface area (Å²) in [6.07, 6.45) is -1.47. The van der Waals surface area contributed by atoms with Crippen molar-refractivity contribution < 1.29 is 28.8 Å². The van der Waals surface area contributed by atoms with E-state index < -0.39 is 26.3 Å². The van der Waals surface area contributed by atoms with Crippen molar-refractivity contribution in [3.8, 4) is 0 Å². The zero-order valence-electron chi connectivity index (χ0n) is 5.80. The van der Waals surface area contributed by atoms with Gasteiger partial charge in [-0.15, -0.1) is 0 Å². The van der Waals surface area contributed by atoms with Gasteiger partial charge in [0, 0.05) is 0 Å². The second-order valence-corrected chi connectivity index (χ2v) is 3.15. The Bertz CT molecular complexity index is 183. The number of aliphatic hydroxyl groups is 1. The van der Waals surface area contributed by atoms with Gasteiger partial charge in [-0.3, -0.25) is 9.32 Å². The summed E-state index contributed by atoms with van der Waals surface area (Å²) in [6.45, 7) is 0.410. The van der Waals surface area contributed by atoms with Crippen molar-refractivity contribution in [2.75, 3.05) is 6.61 Å². The topological polar surface area (TPSA) is 104 Å². The molecule has 11 heavy (non-hydrogen) atoms. The molecule has 0 aliphatic carbocycles. The van der Waals surface area contributed by atoms with Gasteiger partial charge in [0.05, 0.1) is 6.61 Å². The first kappa shape index (κ1) is 10.7. The minimum Gasteiger partial charge on any atom is -0.383 e. The molecule has 3 N–H and O–H groups in total. The van der Waals surface area contributed by atoms with Crippen molar-refractivity contribution >= 4 is 13.6 Å². The Balaban J connectivity index is 3.72. The molecule has 0 aromatic rings. The van der Waals surface area contributed by atoms with Gasteiger partial charge in [-0.1, -0.05) is 0 Å². The lowest BCUT2D eigenvalue weighted by Crippen LogP contribution is -2.22. The molecule has 7 heteroatoms. The van der Waals surface area contributed by atoms with Gasteiger partial charge in [-0.25, -0.2) is 4.57 Å². The van der Waals surface area contributed by atoms with E-state index in [2.05, 4.69) is 4.52 Å². The lowest BCUT2D eigenvalue weighted by molar-refractivity contribution is -0.126. The van der Waals surface area contributed by atoms with E-state index in [4.69, 9.17) is 14.9 Å². The fourth-order valence-electron chi connectivity index (χ4n) is 0.285. The highest BCUT2D eigenvalue weighted by molar-refractivity contribution is 7.46. The van der Waals surface area contributed by atoms with Crippen LogP contribution >= 0.6 is 7.82 Å². The first-order valence-corrected chi connectivity index (χ1v) is 4.24. The third-order valence-corrected chi connectivity index (χ3v) is 1.36. The first-order chi connectivity index (χ1) is 4.83. The summed E-state index contributed by atoms with van der Waals surface area (Å²) in [4.78, 5) is 26.5. The largest absolute Gasteiger partial charge is 0.469 e. The van der Waals surface area contributed by atoms with Crippen LogP contribution in [-0.4, -0.2) is 33.4 Å².